The Kier molecular flexibility index (Phi) is 8.61. The summed E-state index contributed by atoms with van der Waals surface area (Å²) in [6, 6.07) is 19.7. The minimum Gasteiger partial charge on any atom is -0.366 e. The van der Waals surface area contributed by atoms with Crippen LogP contribution in [0.3, 0.4) is 0 Å². The molecule has 0 spiro atoms. The molecule has 0 radical (unpaired) electrons. The van der Waals surface area contributed by atoms with Gasteiger partial charge in [0, 0.05) is 35.4 Å². The number of aromatic nitrogens is 3. The summed E-state index contributed by atoms with van der Waals surface area (Å²) in [6.45, 7) is 3.77. The first-order chi connectivity index (χ1) is 18.7. The van der Waals surface area contributed by atoms with Gasteiger partial charge in [-0.2, -0.15) is 0 Å². The molecule has 0 unspecified atom stereocenters. The Labute approximate surface area is 225 Å². The van der Waals surface area contributed by atoms with Crippen LogP contribution in [0.5, 0.6) is 0 Å². The van der Waals surface area contributed by atoms with Gasteiger partial charge in [-0.1, -0.05) is 55.7 Å². The average molecular weight is 508 g/mol. The highest BCUT2D eigenvalue weighted by Crippen LogP contribution is 2.35. The molecule has 1 fully saturated rings. The molecular formula is C32H37N5O. The van der Waals surface area contributed by atoms with Gasteiger partial charge in [0.2, 0.25) is 5.91 Å². The number of hydrogen-bond donors (Lipinski definition) is 1. The summed E-state index contributed by atoms with van der Waals surface area (Å²) in [7, 11) is 0. The molecule has 0 saturated carbocycles. The van der Waals surface area contributed by atoms with E-state index in [9.17, 15) is 4.79 Å². The Hall–Kier alpha value is -3.77. The van der Waals surface area contributed by atoms with E-state index in [4.69, 9.17) is 10.7 Å². The fourth-order valence-electron chi connectivity index (χ4n) is 5.45. The van der Waals surface area contributed by atoms with E-state index >= 15 is 0 Å². The molecule has 0 atom stereocenters. The minimum atomic E-state index is -0.469. The standard InChI is InChI=1S/C32H37N5O/c33-31(38)29-18-11-17-28(25-13-12-19-34-23-25)30(29)32-35-26(24-37(32)27-15-6-3-7-16-27)14-5-1-2-8-20-36-21-9-4-10-22-36/h3,6-7,11-13,15-19,23-24H,1-2,4-5,8-10,14,20-22H2,(H2,33,38). The lowest BCUT2D eigenvalue weighted by atomic mass is 9.95. The molecule has 6 heteroatoms. The Morgan fingerprint density at radius 2 is 1.68 bits per heavy atom. The second-order valence-electron chi connectivity index (χ2n) is 10.2. The Balaban J connectivity index is 1.40. The number of rotatable bonds is 11. The maximum absolute atomic E-state index is 12.6. The predicted molar refractivity (Wildman–Crippen MR) is 153 cm³/mol. The van der Waals surface area contributed by atoms with Gasteiger partial charge in [-0.15, -0.1) is 0 Å². The van der Waals surface area contributed by atoms with Crippen LogP contribution in [0.4, 0.5) is 0 Å². The number of imidazole rings is 1. The molecular weight excluding hydrogens is 470 g/mol. The maximum Gasteiger partial charge on any atom is 0.249 e. The number of nitrogens with zero attached hydrogens (tertiary/aromatic N) is 4. The third kappa shape index (κ3) is 6.20. The summed E-state index contributed by atoms with van der Waals surface area (Å²) >= 11 is 0. The molecule has 2 aromatic carbocycles. The van der Waals surface area contributed by atoms with Gasteiger partial charge in [0.1, 0.15) is 5.82 Å². The van der Waals surface area contributed by atoms with Crippen LogP contribution in [0.15, 0.2) is 79.3 Å². The Bertz CT molecular complexity index is 1330. The van der Waals surface area contributed by atoms with Gasteiger partial charge in [0.25, 0.3) is 0 Å². The molecule has 196 valence electrons. The second-order valence-corrected chi connectivity index (χ2v) is 10.2. The lowest BCUT2D eigenvalue weighted by Gasteiger charge is -2.26. The number of benzene rings is 2. The summed E-state index contributed by atoms with van der Waals surface area (Å²) in [6.07, 6.45) is 15.5. The molecule has 38 heavy (non-hydrogen) atoms. The first-order valence-corrected chi connectivity index (χ1v) is 13.9. The highest BCUT2D eigenvalue weighted by molar-refractivity contribution is 6.03. The molecule has 6 nitrogen and oxygen atoms in total. The number of hydrogen-bond acceptors (Lipinski definition) is 4. The van der Waals surface area contributed by atoms with Crippen LogP contribution in [0.2, 0.25) is 0 Å². The van der Waals surface area contributed by atoms with Gasteiger partial charge in [-0.25, -0.2) is 4.98 Å². The van der Waals surface area contributed by atoms with E-state index in [2.05, 4.69) is 32.8 Å². The first kappa shape index (κ1) is 25.9. The van der Waals surface area contributed by atoms with Crippen LogP contribution >= 0.6 is 0 Å². The molecule has 3 heterocycles. The summed E-state index contributed by atoms with van der Waals surface area (Å²) in [5.74, 6) is 0.258. The smallest absolute Gasteiger partial charge is 0.249 e. The van der Waals surface area contributed by atoms with Crippen molar-refractivity contribution in [2.24, 2.45) is 5.73 Å². The highest BCUT2D eigenvalue weighted by Gasteiger charge is 2.22. The van der Waals surface area contributed by atoms with E-state index in [-0.39, 0.29) is 0 Å². The molecule has 1 amide bonds. The van der Waals surface area contributed by atoms with Crippen molar-refractivity contribution in [3.05, 3.63) is 90.5 Å². The zero-order chi connectivity index (χ0) is 26.2. The normalized spacial score (nSPS) is 14.0. The Morgan fingerprint density at radius 1 is 0.868 bits per heavy atom. The lowest BCUT2D eigenvalue weighted by Crippen LogP contribution is -2.30. The van der Waals surface area contributed by atoms with Crippen molar-refractivity contribution >= 4 is 5.91 Å². The number of piperidine rings is 1. The van der Waals surface area contributed by atoms with Gasteiger partial charge in [-0.05, 0) is 81.6 Å². The fraction of sp³-hybridized carbons (Fsp3) is 0.344. The summed E-state index contributed by atoms with van der Waals surface area (Å²) in [4.78, 5) is 24.6. The maximum atomic E-state index is 12.6. The molecule has 2 aromatic heterocycles. The van der Waals surface area contributed by atoms with Crippen LogP contribution < -0.4 is 5.73 Å². The van der Waals surface area contributed by atoms with Crippen LogP contribution in [0.1, 0.15) is 61.0 Å². The SMILES string of the molecule is NC(=O)c1cccc(-c2cccnc2)c1-c1nc(CCCCCCN2CCCCC2)cn1-c1ccccc1. The number of carbonyl (C=O) groups is 1. The van der Waals surface area contributed by atoms with Crippen LogP contribution in [-0.2, 0) is 6.42 Å². The number of likely N-dealkylation sites (tertiary alicyclic amines) is 1. The number of amides is 1. The predicted octanol–water partition coefficient (Wildman–Crippen LogP) is 6.29. The van der Waals surface area contributed by atoms with Crippen molar-refractivity contribution in [2.45, 2.75) is 51.4 Å². The fourth-order valence-corrected chi connectivity index (χ4v) is 5.45. The van der Waals surface area contributed by atoms with E-state index in [1.54, 1.807) is 12.3 Å². The molecule has 0 bridgehead atoms. The molecule has 4 aromatic rings. The van der Waals surface area contributed by atoms with Gasteiger partial charge in [-0.3, -0.25) is 14.3 Å². The molecule has 1 aliphatic heterocycles. The average Bonchev–Trinajstić information content (AvgIpc) is 3.40. The molecule has 0 aliphatic carbocycles. The van der Waals surface area contributed by atoms with Crippen molar-refractivity contribution in [1.82, 2.24) is 19.4 Å². The van der Waals surface area contributed by atoms with Gasteiger partial charge >= 0.3 is 0 Å². The van der Waals surface area contributed by atoms with Crippen LogP contribution in [0, 0.1) is 0 Å². The number of carbonyl (C=O) groups excluding carboxylic acids is 1. The number of pyridine rings is 1. The van der Waals surface area contributed by atoms with E-state index in [1.165, 1.54) is 58.2 Å². The summed E-state index contributed by atoms with van der Waals surface area (Å²) in [5.41, 5.74) is 10.9. The number of primary amides is 1. The van der Waals surface area contributed by atoms with Crippen LogP contribution in [0.25, 0.3) is 28.2 Å². The lowest BCUT2D eigenvalue weighted by molar-refractivity contribution is 0.100. The van der Waals surface area contributed by atoms with E-state index in [1.807, 2.05) is 48.7 Å². The first-order valence-electron chi connectivity index (χ1n) is 13.9. The van der Waals surface area contributed by atoms with Crippen molar-refractivity contribution in [3.63, 3.8) is 0 Å². The monoisotopic (exact) mass is 507 g/mol. The minimum absolute atomic E-state index is 0.457. The molecule has 5 rings (SSSR count). The summed E-state index contributed by atoms with van der Waals surface area (Å²) in [5, 5.41) is 0. The van der Waals surface area contributed by atoms with E-state index < -0.39 is 5.91 Å². The number of aryl methyl sites for hydroxylation is 1. The molecule has 1 saturated heterocycles. The highest BCUT2D eigenvalue weighted by atomic mass is 16.1. The number of unbranched alkanes of at least 4 members (excludes halogenated alkanes) is 3. The second kappa shape index (κ2) is 12.7. The number of nitrogens with two attached hydrogens (primary N) is 1. The van der Waals surface area contributed by atoms with Crippen molar-refractivity contribution < 1.29 is 4.79 Å². The molecule has 1 aliphatic rings. The van der Waals surface area contributed by atoms with E-state index in [0.29, 0.717) is 5.56 Å². The third-order valence-corrected chi connectivity index (χ3v) is 7.42. The quantitative estimate of drug-likeness (QED) is 0.242. The van der Waals surface area contributed by atoms with Crippen molar-refractivity contribution in [1.29, 1.82) is 0 Å². The molecule has 2 N–H and O–H groups in total. The number of para-hydroxylation sites is 1. The summed E-state index contributed by atoms with van der Waals surface area (Å²) < 4.78 is 2.09. The zero-order valence-electron chi connectivity index (χ0n) is 22.1. The van der Waals surface area contributed by atoms with Crippen molar-refractivity contribution in [2.75, 3.05) is 19.6 Å². The topological polar surface area (TPSA) is 77.0 Å². The Morgan fingerprint density at radius 3 is 2.45 bits per heavy atom. The van der Waals surface area contributed by atoms with Gasteiger partial charge < -0.3 is 10.6 Å². The van der Waals surface area contributed by atoms with E-state index in [0.717, 1.165) is 46.7 Å². The van der Waals surface area contributed by atoms with Crippen LogP contribution in [-0.4, -0.2) is 45.0 Å². The van der Waals surface area contributed by atoms with Crippen molar-refractivity contribution in [3.8, 4) is 28.2 Å². The third-order valence-electron chi connectivity index (χ3n) is 7.42. The van der Waals surface area contributed by atoms with Gasteiger partial charge in [0.05, 0.1) is 11.3 Å². The zero-order valence-corrected chi connectivity index (χ0v) is 22.1. The van der Waals surface area contributed by atoms with Gasteiger partial charge in [0.15, 0.2) is 0 Å². The largest absolute Gasteiger partial charge is 0.366 e.